The highest BCUT2D eigenvalue weighted by Gasteiger charge is 2.19. The van der Waals surface area contributed by atoms with E-state index >= 15 is 0 Å². The first-order chi connectivity index (χ1) is 10.3. The van der Waals surface area contributed by atoms with Gasteiger partial charge in [-0.2, -0.15) is 0 Å². The molecule has 0 bridgehead atoms. The lowest BCUT2D eigenvalue weighted by atomic mass is 10.3. The smallest absolute Gasteiger partial charge is 0.339 e. The molecular formula is C16H32NO4P. The highest BCUT2D eigenvalue weighted by molar-refractivity contribution is 7.51. The summed E-state index contributed by atoms with van der Waals surface area (Å²) in [4.78, 5) is 19.0. The summed E-state index contributed by atoms with van der Waals surface area (Å²) < 4.78 is 15.8. The summed E-state index contributed by atoms with van der Waals surface area (Å²) in [5.74, 6) is 0.944. The van der Waals surface area contributed by atoms with Crippen molar-refractivity contribution in [2.24, 2.45) is 0 Å². The standard InChI is InChI=1S/C8H10O.C6H16NO3P.C2H6/c1-2-9-8-6-4-3-5-7-8;1-4-7(6(2)3)5-11(8,9)10;1-2/h3-7H,2H2,1H3;6H,4-5H2,1-3H3,(H2,8,9,10);1-2H3. The first kappa shape index (κ1) is 23.4. The summed E-state index contributed by atoms with van der Waals surface area (Å²) in [7, 11) is -3.87. The number of para-hydroxylation sites is 1. The predicted molar refractivity (Wildman–Crippen MR) is 93.4 cm³/mol. The van der Waals surface area contributed by atoms with Gasteiger partial charge >= 0.3 is 7.60 Å². The molecule has 130 valence electrons. The Labute approximate surface area is 135 Å². The maximum atomic E-state index is 10.6. The summed E-state index contributed by atoms with van der Waals surface area (Å²) in [5.41, 5.74) is 0. The van der Waals surface area contributed by atoms with Gasteiger partial charge in [0.1, 0.15) is 12.0 Å². The van der Waals surface area contributed by atoms with Crippen LogP contribution in [0.15, 0.2) is 30.3 Å². The van der Waals surface area contributed by atoms with E-state index in [2.05, 4.69) is 0 Å². The van der Waals surface area contributed by atoms with Crippen LogP contribution in [0.3, 0.4) is 0 Å². The Morgan fingerprint density at radius 3 is 1.91 bits per heavy atom. The normalized spacial score (nSPS) is 10.5. The molecule has 1 rings (SSSR count). The molecule has 5 nitrogen and oxygen atoms in total. The molecule has 1 aromatic rings. The first-order valence-electron chi connectivity index (χ1n) is 7.76. The minimum atomic E-state index is -3.87. The van der Waals surface area contributed by atoms with Crippen molar-refractivity contribution in [2.75, 3.05) is 19.4 Å². The fraction of sp³-hybridized carbons (Fsp3) is 0.625. The topological polar surface area (TPSA) is 70.0 Å². The van der Waals surface area contributed by atoms with Crippen molar-refractivity contribution in [3.8, 4) is 5.75 Å². The van der Waals surface area contributed by atoms with Gasteiger partial charge in [0.15, 0.2) is 0 Å². The molecule has 6 heteroatoms. The highest BCUT2D eigenvalue weighted by atomic mass is 31.2. The fourth-order valence-electron chi connectivity index (χ4n) is 1.55. The lowest BCUT2D eigenvalue weighted by Gasteiger charge is -2.24. The van der Waals surface area contributed by atoms with Gasteiger partial charge in [0.05, 0.1) is 6.61 Å². The second-order valence-electron chi connectivity index (χ2n) is 4.55. The van der Waals surface area contributed by atoms with E-state index in [9.17, 15) is 4.57 Å². The van der Waals surface area contributed by atoms with Gasteiger partial charge in [-0.3, -0.25) is 9.46 Å². The van der Waals surface area contributed by atoms with Gasteiger partial charge in [-0.15, -0.1) is 0 Å². The van der Waals surface area contributed by atoms with Crippen LogP contribution in [-0.4, -0.2) is 40.2 Å². The van der Waals surface area contributed by atoms with Crippen molar-refractivity contribution in [3.05, 3.63) is 30.3 Å². The van der Waals surface area contributed by atoms with E-state index in [1.165, 1.54) is 0 Å². The van der Waals surface area contributed by atoms with Gasteiger partial charge in [-0.1, -0.05) is 39.0 Å². The number of rotatable bonds is 6. The SMILES string of the molecule is CC.CCN(CP(=O)(O)O)C(C)C.CCOc1ccccc1. The molecule has 0 radical (unpaired) electrons. The highest BCUT2D eigenvalue weighted by Crippen LogP contribution is 2.35. The van der Waals surface area contributed by atoms with E-state index < -0.39 is 7.60 Å². The molecule has 1 aromatic carbocycles. The second-order valence-corrected chi connectivity index (χ2v) is 6.16. The molecule has 0 heterocycles. The number of nitrogens with zero attached hydrogens (tertiary/aromatic N) is 1. The van der Waals surface area contributed by atoms with Gasteiger partial charge in [0.2, 0.25) is 0 Å². The van der Waals surface area contributed by atoms with Crippen LogP contribution in [0.5, 0.6) is 5.75 Å². The quantitative estimate of drug-likeness (QED) is 0.771. The van der Waals surface area contributed by atoms with Gasteiger partial charge in [-0.25, -0.2) is 0 Å². The molecule has 0 aliphatic carbocycles. The van der Waals surface area contributed by atoms with E-state index in [1.807, 2.05) is 71.9 Å². The zero-order chi connectivity index (χ0) is 17.6. The van der Waals surface area contributed by atoms with Gasteiger partial charge < -0.3 is 14.5 Å². The van der Waals surface area contributed by atoms with Crippen LogP contribution in [0.25, 0.3) is 0 Å². The van der Waals surface area contributed by atoms with E-state index in [0.717, 1.165) is 12.4 Å². The number of benzene rings is 1. The molecule has 0 unspecified atom stereocenters. The summed E-state index contributed by atoms with van der Waals surface area (Å²) in [6.07, 6.45) is -0.138. The minimum absolute atomic E-state index is 0.138. The molecule has 0 spiro atoms. The van der Waals surface area contributed by atoms with E-state index in [1.54, 1.807) is 4.90 Å². The number of hydrogen-bond acceptors (Lipinski definition) is 3. The lowest BCUT2D eigenvalue weighted by molar-refractivity contribution is 0.243. The maximum Gasteiger partial charge on any atom is 0.339 e. The van der Waals surface area contributed by atoms with Gasteiger partial charge in [0.25, 0.3) is 0 Å². The zero-order valence-electron chi connectivity index (χ0n) is 14.7. The average Bonchev–Trinajstić information content (AvgIpc) is 2.48. The van der Waals surface area contributed by atoms with Crippen molar-refractivity contribution < 1.29 is 19.1 Å². The van der Waals surface area contributed by atoms with Crippen LogP contribution in [0.4, 0.5) is 0 Å². The Morgan fingerprint density at radius 2 is 1.64 bits per heavy atom. The van der Waals surface area contributed by atoms with Crippen molar-refractivity contribution in [1.29, 1.82) is 0 Å². The van der Waals surface area contributed by atoms with Crippen molar-refractivity contribution in [2.45, 2.75) is 47.6 Å². The molecule has 2 N–H and O–H groups in total. The van der Waals surface area contributed by atoms with Crippen LogP contribution in [0.1, 0.15) is 41.5 Å². The Bertz CT molecular complexity index is 392. The summed E-state index contributed by atoms with van der Waals surface area (Å²) in [5, 5.41) is 0. The van der Waals surface area contributed by atoms with Crippen molar-refractivity contribution >= 4 is 7.60 Å². The van der Waals surface area contributed by atoms with Gasteiger partial charge in [-0.05, 0) is 39.4 Å². The monoisotopic (exact) mass is 333 g/mol. The Morgan fingerprint density at radius 1 is 1.14 bits per heavy atom. The molecular weight excluding hydrogens is 301 g/mol. The van der Waals surface area contributed by atoms with Crippen LogP contribution in [0, 0.1) is 0 Å². The molecule has 0 atom stereocenters. The molecule has 0 saturated heterocycles. The largest absolute Gasteiger partial charge is 0.494 e. The van der Waals surface area contributed by atoms with Gasteiger partial charge in [0, 0.05) is 6.04 Å². The molecule has 0 amide bonds. The third-order valence-electron chi connectivity index (χ3n) is 2.56. The van der Waals surface area contributed by atoms with Crippen LogP contribution in [-0.2, 0) is 4.57 Å². The lowest BCUT2D eigenvalue weighted by Crippen LogP contribution is -2.31. The maximum absolute atomic E-state index is 10.6. The van der Waals surface area contributed by atoms with E-state index in [4.69, 9.17) is 14.5 Å². The number of hydrogen-bond donors (Lipinski definition) is 2. The van der Waals surface area contributed by atoms with E-state index in [-0.39, 0.29) is 12.3 Å². The first-order valence-corrected chi connectivity index (χ1v) is 9.56. The number of ether oxygens (including phenoxy) is 1. The summed E-state index contributed by atoms with van der Waals surface area (Å²) >= 11 is 0. The van der Waals surface area contributed by atoms with Crippen LogP contribution < -0.4 is 4.74 Å². The van der Waals surface area contributed by atoms with Crippen LogP contribution in [0.2, 0.25) is 0 Å². The summed E-state index contributed by atoms with van der Waals surface area (Å²) in [6, 6.07) is 9.98. The molecule has 22 heavy (non-hydrogen) atoms. The molecule has 0 aromatic heterocycles. The Balaban J connectivity index is 0. The van der Waals surface area contributed by atoms with E-state index in [0.29, 0.717) is 6.54 Å². The Hall–Kier alpha value is -0.870. The fourth-order valence-corrected chi connectivity index (χ4v) is 2.55. The summed E-state index contributed by atoms with van der Waals surface area (Å²) in [6.45, 7) is 13.1. The van der Waals surface area contributed by atoms with Crippen molar-refractivity contribution in [1.82, 2.24) is 4.90 Å². The third kappa shape index (κ3) is 14.1. The zero-order valence-corrected chi connectivity index (χ0v) is 15.6. The Kier molecular flexibility index (Phi) is 14.6. The van der Waals surface area contributed by atoms with Crippen LogP contribution >= 0.6 is 7.60 Å². The molecule has 0 fully saturated rings. The minimum Gasteiger partial charge on any atom is -0.494 e. The third-order valence-corrected chi connectivity index (χ3v) is 3.29. The molecule has 0 aliphatic heterocycles. The van der Waals surface area contributed by atoms with Crippen molar-refractivity contribution in [3.63, 3.8) is 0 Å². The predicted octanol–water partition coefficient (Wildman–Crippen LogP) is 3.96. The molecule has 0 saturated carbocycles. The second kappa shape index (κ2) is 13.8. The molecule has 0 aliphatic rings. The average molecular weight is 333 g/mol.